The topological polar surface area (TPSA) is 122 Å². The molecular weight excluding hydrogens is 332 g/mol. The van der Waals surface area contributed by atoms with Gasteiger partial charge >= 0.3 is 11.7 Å². The molecule has 25 heavy (non-hydrogen) atoms. The second-order valence-electron chi connectivity index (χ2n) is 5.39. The normalized spacial score (nSPS) is 15.5. The van der Waals surface area contributed by atoms with Crippen molar-refractivity contribution in [2.75, 3.05) is 14.1 Å². The van der Waals surface area contributed by atoms with E-state index in [1.54, 1.807) is 0 Å². The molecule has 10 heteroatoms. The number of aromatic hydroxyl groups is 1. The molecule has 2 heterocycles. The molecule has 132 valence electrons. The molecule has 1 aliphatic heterocycles. The van der Waals surface area contributed by atoms with Gasteiger partial charge in [0.2, 0.25) is 5.88 Å². The van der Waals surface area contributed by atoms with Crippen molar-refractivity contribution in [3.63, 3.8) is 0 Å². The zero-order valence-corrected chi connectivity index (χ0v) is 14.0. The van der Waals surface area contributed by atoms with Crippen LogP contribution in [-0.2, 0) is 23.7 Å². The molecule has 1 fully saturated rings. The Labute approximate surface area is 141 Å². The van der Waals surface area contributed by atoms with Crippen molar-refractivity contribution in [3.05, 3.63) is 44.1 Å². The van der Waals surface area contributed by atoms with Crippen LogP contribution in [0.1, 0.15) is 5.56 Å². The minimum atomic E-state index is -0.782. The van der Waals surface area contributed by atoms with Gasteiger partial charge in [-0.05, 0) is 12.2 Å². The molecule has 1 aromatic rings. The lowest BCUT2D eigenvalue weighted by Crippen LogP contribution is -2.52. The lowest BCUT2D eigenvalue weighted by Gasteiger charge is -2.28. The van der Waals surface area contributed by atoms with Crippen molar-refractivity contribution in [1.82, 2.24) is 18.9 Å². The third-order valence-corrected chi connectivity index (χ3v) is 3.84. The number of nitrogens with zero attached hydrogens (tertiary/aromatic N) is 4. The molecule has 0 atom stereocenters. The number of carbonyl (C=O) groups excluding carboxylic acids is 3. The fourth-order valence-electron chi connectivity index (χ4n) is 2.24. The van der Waals surface area contributed by atoms with Crippen LogP contribution >= 0.6 is 0 Å². The molecule has 0 unspecified atom stereocenters. The van der Waals surface area contributed by atoms with E-state index in [4.69, 9.17) is 0 Å². The number of likely N-dealkylation sites (N-methyl/N-ethyl adjacent to an activating group) is 2. The second-order valence-corrected chi connectivity index (χ2v) is 5.39. The summed E-state index contributed by atoms with van der Waals surface area (Å²) >= 11 is 0. The first-order valence-corrected chi connectivity index (χ1v) is 7.07. The fraction of sp³-hybridized carbons (Fsp3) is 0.267. The van der Waals surface area contributed by atoms with Crippen LogP contribution in [0.5, 0.6) is 5.88 Å². The highest BCUT2D eigenvalue weighted by molar-refractivity contribution is 6.28. The monoisotopic (exact) mass is 348 g/mol. The SMILES string of the molecule is CN1C(=O)C(=C/C=C/c2c(O)n(C)c(=O)n(C)c2=O)C(=O)N(C)C1=O. The summed E-state index contributed by atoms with van der Waals surface area (Å²) in [4.78, 5) is 60.9. The lowest BCUT2D eigenvalue weighted by molar-refractivity contribution is -0.134. The predicted octanol–water partition coefficient (Wildman–Crippen LogP) is -1.22. The van der Waals surface area contributed by atoms with Crippen molar-refractivity contribution in [3.8, 4) is 5.88 Å². The third-order valence-electron chi connectivity index (χ3n) is 3.84. The summed E-state index contributed by atoms with van der Waals surface area (Å²) in [6.45, 7) is 0. The van der Waals surface area contributed by atoms with Gasteiger partial charge in [-0.3, -0.25) is 33.3 Å². The Bertz CT molecular complexity index is 939. The minimum absolute atomic E-state index is 0.185. The number of hydrogen-bond acceptors (Lipinski definition) is 6. The van der Waals surface area contributed by atoms with Crippen LogP contribution in [0, 0.1) is 0 Å². The molecule has 0 bridgehead atoms. The zero-order chi connectivity index (χ0) is 19.0. The highest BCUT2D eigenvalue weighted by atomic mass is 16.3. The van der Waals surface area contributed by atoms with Gasteiger partial charge in [0.05, 0.1) is 0 Å². The Kier molecular flexibility index (Phi) is 4.46. The average molecular weight is 348 g/mol. The maximum Gasteiger partial charge on any atom is 0.333 e. The van der Waals surface area contributed by atoms with E-state index in [9.17, 15) is 29.1 Å². The number of amides is 4. The van der Waals surface area contributed by atoms with Crippen molar-refractivity contribution in [1.29, 1.82) is 0 Å². The maximum atomic E-state index is 12.0. The van der Waals surface area contributed by atoms with Crippen LogP contribution in [0.4, 0.5) is 4.79 Å². The van der Waals surface area contributed by atoms with E-state index in [1.807, 2.05) is 0 Å². The van der Waals surface area contributed by atoms with E-state index >= 15 is 0 Å². The van der Waals surface area contributed by atoms with Crippen LogP contribution < -0.4 is 11.2 Å². The van der Waals surface area contributed by atoms with E-state index in [2.05, 4.69) is 0 Å². The molecule has 1 aliphatic rings. The van der Waals surface area contributed by atoms with Crippen LogP contribution in [-0.4, -0.2) is 56.0 Å². The Morgan fingerprint density at radius 2 is 1.36 bits per heavy atom. The van der Waals surface area contributed by atoms with Crippen LogP contribution in [0.25, 0.3) is 6.08 Å². The lowest BCUT2D eigenvalue weighted by atomic mass is 10.1. The highest BCUT2D eigenvalue weighted by Gasteiger charge is 2.37. The van der Waals surface area contributed by atoms with Crippen molar-refractivity contribution >= 4 is 23.9 Å². The summed E-state index contributed by atoms with van der Waals surface area (Å²) in [5, 5.41) is 9.93. The first-order valence-electron chi connectivity index (χ1n) is 7.07. The second kappa shape index (κ2) is 6.23. The number of allylic oxidation sites excluding steroid dienone is 2. The van der Waals surface area contributed by atoms with Crippen molar-refractivity contribution in [2.24, 2.45) is 14.1 Å². The summed E-state index contributed by atoms with van der Waals surface area (Å²) < 4.78 is 1.69. The van der Waals surface area contributed by atoms with Gasteiger partial charge in [-0.1, -0.05) is 6.08 Å². The molecule has 4 amide bonds. The fourth-order valence-corrected chi connectivity index (χ4v) is 2.24. The molecule has 1 saturated heterocycles. The largest absolute Gasteiger partial charge is 0.494 e. The zero-order valence-electron chi connectivity index (χ0n) is 14.0. The Hall–Kier alpha value is -3.43. The highest BCUT2D eigenvalue weighted by Crippen LogP contribution is 2.15. The Morgan fingerprint density at radius 1 is 0.840 bits per heavy atom. The molecule has 0 spiro atoms. The molecule has 0 aromatic carbocycles. The first-order chi connectivity index (χ1) is 11.6. The van der Waals surface area contributed by atoms with Crippen LogP contribution in [0.3, 0.4) is 0 Å². The van der Waals surface area contributed by atoms with Gasteiger partial charge in [0, 0.05) is 28.2 Å². The summed E-state index contributed by atoms with van der Waals surface area (Å²) in [5.74, 6) is -2.11. The van der Waals surface area contributed by atoms with Gasteiger partial charge < -0.3 is 5.11 Å². The van der Waals surface area contributed by atoms with E-state index in [0.717, 1.165) is 25.0 Å². The summed E-state index contributed by atoms with van der Waals surface area (Å²) in [5.41, 5.74) is -1.89. The molecular formula is C15H16N4O6. The van der Waals surface area contributed by atoms with E-state index in [-0.39, 0.29) is 11.1 Å². The predicted molar refractivity (Wildman–Crippen MR) is 86.6 cm³/mol. The van der Waals surface area contributed by atoms with Crippen LogP contribution in [0.15, 0.2) is 27.3 Å². The number of imide groups is 2. The molecule has 10 nitrogen and oxygen atoms in total. The maximum absolute atomic E-state index is 12.0. The minimum Gasteiger partial charge on any atom is -0.494 e. The summed E-state index contributed by atoms with van der Waals surface area (Å²) in [7, 11) is 5.01. The van der Waals surface area contributed by atoms with Crippen molar-refractivity contribution < 1.29 is 19.5 Å². The number of urea groups is 1. The average Bonchev–Trinajstić information content (AvgIpc) is 2.60. The molecule has 0 radical (unpaired) electrons. The Balaban J connectivity index is 2.48. The number of aromatic nitrogens is 2. The first kappa shape index (κ1) is 17.9. The van der Waals surface area contributed by atoms with Gasteiger partial charge in [-0.15, -0.1) is 0 Å². The number of hydrogen-bond donors (Lipinski definition) is 1. The van der Waals surface area contributed by atoms with E-state index < -0.39 is 35.0 Å². The molecule has 0 aliphatic carbocycles. The van der Waals surface area contributed by atoms with Gasteiger partial charge in [0.15, 0.2) is 0 Å². The Morgan fingerprint density at radius 3 is 1.88 bits per heavy atom. The van der Waals surface area contributed by atoms with Gasteiger partial charge in [-0.2, -0.15) is 0 Å². The van der Waals surface area contributed by atoms with Gasteiger partial charge in [-0.25, -0.2) is 9.59 Å². The number of rotatable bonds is 2. The third kappa shape index (κ3) is 2.77. The van der Waals surface area contributed by atoms with E-state index in [1.165, 1.54) is 40.3 Å². The summed E-state index contributed by atoms with van der Waals surface area (Å²) in [6, 6.07) is -0.749. The standard InChI is InChI=1S/C15H16N4O6/c1-16-10(20)8(11(21)17(2)14(16)24)6-5-7-9-12(22)18(3)15(25)19(4)13(9)23/h5-7,20H,1-4H3/b6-5+. The van der Waals surface area contributed by atoms with Crippen LogP contribution in [0.2, 0.25) is 0 Å². The summed E-state index contributed by atoms with van der Waals surface area (Å²) in [6.07, 6.45) is 3.51. The van der Waals surface area contributed by atoms with E-state index in [0.29, 0.717) is 0 Å². The molecule has 1 aromatic heterocycles. The smallest absolute Gasteiger partial charge is 0.333 e. The number of carbonyl (C=O) groups is 3. The van der Waals surface area contributed by atoms with Crippen molar-refractivity contribution in [2.45, 2.75) is 0 Å². The molecule has 1 N–H and O–H groups in total. The molecule has 0 saturated carbocycles. The quantitative estimate of drug-likeness (QED) is 0.528. The van der Waals surface area contributed by atoms with Gasteiger partial charge in [0.1, 0.15) is 11.1 Å². The van der Waals surface area contributed by atoms with Gasteiger partial charge in [0.25, 0.3) is 17.4 Å². The molecule has 2 rings (SSSR count). The number of barbiturate groups is 1.